The molecule has 0 saturated carbocycles. The molecular weight excluding hydrogens is 262 g/mol. The minimum atomic E-state index is -0.164. The van der Waals surface area contributed by atoms with Crippen LogP contribution in [-0.2, 0) is 4.79 Å². The van der Waals surface area contributed by atoms with E-state index in [-0.39, 0.29) is 11.2 Å². The van der Waals surface area contributed by atoms with Gasteiger partial charge in [0.25, 0.3) is 0 Å². The van der Waals surface area contributed by atoms with E-state index in [1.807, 2.05) is 25.1 Å². The molecule has 5 heteroatoms. The average Bonchev–Trinajstić information content (AvgIpc) is 2.44. The van der Waals surface area contributed by atoms with Crippen molar-refractivity contribution in [2.24, 2.45) is 0 Å². The molecule has 1 aromatic rings. The van der Waals surface area contributed by atoms with Crippen LogP contribution in [0.2, 0.25) is 0 Å². The molecule has 0 spiro atoms. The van der Waals surface area contributed by atoms with Gasteiger partial charge in [-0.2, -0.15) is 0 Å². The van der Waals surface area contributed by atoms with Gasteiger partial charge in [-0.25, -0.2) is 0 Å². The van der Waals surface area contributed by atoms with Crippen molar-refractivity contribution in [3.8, 4) is 11.5 Å². The molecule has 0 fully saturated rings. The van der Waals surface area contributed by atoms with Crippen molar-refractivity contribution in [3.63, 3.8) is 0 Å². The van der Waals surface area contributed by atoms with Crippen molar-refractivity contribution in [3.05, 3.63) is 30.9 Å². The Bertz CT molecular complexity index is 476. The van der Waals surface area contributed by atoms with Crippen LogP contribution in [0.15, 0.2) is 35.7 Å². The van der Waals surface area contributed by atoms with E-state index in [9.17, 15) is 4.79 Å². The fourth-order valence-electron chi connectivity index (χ4n) is 1.67. The van der Waals surface area contributed by atoms with Crippen LogP contribution in [0, 0.1) is 0 Å². The fraction of sp³-hybridized carbons (Fsp3) is 0.357. The SMILES string of the molecule is C=CCNC(=O)[C@@H](C)Sc1ccc2c(c1)OCCO2. The zero-order chi connectivity index (χ0) is 13.7. The summed E-state index contributed by atoms with van der Waals surface area (Å²) in [5, 5.41) is 2.62. The van der Waals surface area contributed by atoms with Crippen LogP contribution in [0.1, 0.15) is 6.92 Å². The summed E-state index contributed by atoms with van der Waals surface area (Å²) in [6.07, 6.45) is 1.67. The Morgan fingerprint density at radius 3 is 2.95 bits per heavy atom. The van der Waals surface area contributed by atoms with E-state index >= 15 is 0 Å². The van der Waals surface area contributed by atoms with E-state index in [2.05, 4.69) is 11.9 Å². The predicted octanol–water partition coefficient (Wildman–Crippen LogP) is 2.24. The van der Waals surface area contributed by atoms with Crippen LogP contribution in [0.25, 0.3) is 0 Å². The predicted molar refractivity (Wildman–Crippen MR) is 76.0 cm³/mol. The van der Waals surface area contributed by atoms with Crippen LogP contribution >= 0.6 is 11.8 Å². The number of nitrogens with one attached hydrogen (secondary N) is 1. The molecule has 1 aromatic carbocycles. The average molecular weight is 279 g/mol. The van der Waals surface area contributed by atoms with E-state index in [4.69, 9.17) is 9.47 Å². The third-order valence-electron chi connectivity index (χ3n) is 2.62. The van der Waals surface area contributed by atoms with Crippen molar-refractivity contribution in [2.45, 2.75) is 17.1 Å². The number of fused-ring (bicyclic) bond motifs is 1. The van der Waals surface area contributed by atoms with Crippen molar-refractivity contribution in [2.75, 3.05) is 19.8 Å². The van der Waals surface area contributed by atoms with E-state index in [0.717, 1.165) is 16.4 Å². The highest BCUT2D eigenvalue weighted by Gasteiger charge is 2.16. The van der Waals surface area contributed by atoms with E-state index in [1.165, 1.54) is 11.8 Å². The lowest BCUT2D eigenvalue weighted by atomic mass is 10.3. The van der Waals surface area contributed by atoms with Gasteiger partial charge in [-0.1, -0.05) is 6.08 Å². The molecule has 0 aliphatic carbocycles. The number of ether oxygens (including phenoxy) is 2. The van der Waals surface area contributed by atoms with Gasteiger partial charge in [-0.05, 0) is 25.1 Å². The number of hydrogen-bond acceptors (Lipinski definition) is 4. The van der Waals surface area contributed by atoms with Crippen molar-refractivity contribution < 1.29 is 14.3 Å². The summed E-state index contributed by atoms with van der Waals surface area (Å²) in [6, 6.07) is 5.73. The van der Waals surface area contributed by atoms with Crippen LogP contribution in [-0.4, -0.2) is 30.9 Å². The molecule has 0 aromatic heterocycles. The fourth-order valence-corrected chi connectivity index (χ4v) is 2.59. The molecular formula is C14H17NO3S. The normalized spacial score (nSPS) is 14.6. The van der Waals surface area contributed by atoms with Gasteiger partial charge in [0.1, 0.15) is 13.2 Å². The Labute approximate surface area is 117 Å². The smallest absolute Gasteiger partial charge is 0.233 e. The Morgan fingerprint density at radius 1 is 1.47 bits per heavy atom. The molecule has 1 aliphatic rings. The van der Waals surface area contributed by atoms with Gasteiger partial charge in [0, 0.05) is 11.4 Å². The molecule has 0 saturated heterocycles. The van der Waals surface area contributed by atoms with Crippen molar-refractivity contribution in [1.29, 1.82) is 0 Å². The maximum atomic E-state index is 11.8. The molecule has 1 aliphatic heterocycles. The van der Waals surface area contributed by atoms with E-state index in [0.29, 0.717) is 19.8 Å². The van der Waals surface area contributed by atoms with E-state index < -0.39 is 0 Å². The number of hydrogen-bond donors (Lipinski definition) is 1. The number of thioether (sulfide) groups is 1. The van der Waals surface area contributed by atoms with Gasteiger partial charge in [-0.3, -0.25) is 4.79 Å². The zero-order valence-electron chi connectivity index (χ0n) is 10.8. The largest absolute Gasteiger partial charge is 0.486 e. The van der Waals surface area contributed by atoms with E-state index in [1.54, 1.807) is 6.08 Å². The van der Waals surface area contributed by atoms with Crippen LogP contribution < -0.4 is 14.8 Å². The van der Waals surface area contributed by atoms with Crippen LogP contribution in [0.5, 0.6) is 11.5 Å². The first-order chi connectivity index (χ1) is 9.20. The highest BCUT2D eigenvalue weighted by atomic mass is 32.2. The summed E-state index contributed by atoms with van der Waals surface area (Å²) < 4.78 is 11.0. The topological polar surface area (TPSA) is 47.6 Å². The molecule has 1 atom stereocenters. The summed E-state index contributed by atoms with van der Waals surface area (Å²) in [4.78, 5) is 12.8. The lowest BCUT2D eigenvalue weighted by molar-refractivity contribution is -0.120. The first kappa shape index (κ1) is 13.8. The first-order valence-corrected chi connectivity index (χ1v) is 7.03. The van der Waals surface area contributed by atoms with Crippen LogP contribution in [0.4, 0.5) is 0 Å². The highest BCUT2D eigenvalue weighted by Crippen LogP contribution is 2.35. The summed E-state index contributed by atoms with van der Waals surface area (Å²) >= 11 is 1.49. The number of rotatable bonds is 5. The quantitative estimate of drug-likeness (QED) is 0.663. The summed E-state index contributed by atoms with van der Waals surface area (Å²) in [7, 11) is 0. The standard InChI is InChI=1S/C14H17NO3S/c1-3-6-15-14(16)10(2)19-11-4-5-12-13(9-11)18-8-7-17-12/h3-5,9-10H,1,6-8H2,2H3,(H,15,16)/t10-/m1/s1. The number of amides is 1. The molecule has 19 heavy (non-hydrogen) atoms. The zero-order valence-corrected chi connectivity index (χ0v) is 11.7. The van der Waals surface area contributed by atoms with Gasteiger partial charge in [0.2, 0.25) is 5.91 Å². The molecule has 1 N–H and O–H groups in total. The molecule has 0 unspecified atom stereocenters. The molecule has 0 bridgehead atoms. The maximum Gasteiger partial charge on any atom is 0.233 e. The molecule has 2 rings (SSSR count). The monoisotopic (exact) mass is 279 g/mol. The number of carbonyl (C=O) groups excluding carboxylic acids is 1. The second-order valence-corrected chi connectivity index (χ2v) is 5.51. The van der Waals surface area contributed by atoms with Gasteiger partial charge in [0.05, 0.1) is 5.25 Å². The molecule has 4 nitrogen and oxygen atoms in total. The Kier molecular flexibility index (Phi) is 4.74. The molecule has 102 valence electrons. The summed E-state index contributed by atoms with van der Waals surface area (Å²) in [5.74, 6) is 1.51. The number of benzene rings is 1. The lowest BCUT2D eigenvalue weighted by Gasteiger charge is -2.19. The van der Waals surface area contributed by atoms with Gasteiger partial charge < -0.3 is 14.8 Å². The second kappa shape index (κ2) is 6.52. The second-order valence-electron chi connectivity index (χ2n) is 4.10. The molecule has 1 heterocycles. The van der Waals surface area contributed by atoms with Gasteiger partial charge in [-0.15, -0.1) is 18.3 Å². The third kappa shape index (κ3) is 3.67. The minimum Gasteiger partial charge on any atom is -0.486 e. The summed E-state index contributed by atoms with van der Waals surface area (Å²) in [5.41, 5.74) is 0. The summed E-state index contributed by atoms with van der Waals surface area (Å²) in [6.45, 7) is 7.09. The Hall–Kier alpha value is -1.62. The maximum absolute atomic E-state index is 11.8. The first-order valence-electron chi connectivity index (χ1n) is 6.15. The lowest BCUT2D eigenvalue weighted by Crippen LogP contribution is -2.30. The van der Waals surface area contributed by atoms with Gasteiger partial charge >= 0.3 is 0 Å². The Morgan fingerprint density at radius 2 is 2.21 bits per heavy atom. The minimum absolute atomic E-state index is 0.000195. The van der Waals surface area contributed by atoms with Crippen molar-refractivity contribution in [1.82, 2.24) is 5.32 Å². The van der Waals surface area contributed by atoms with Gasteiger partial charge in [0.15, 0.2) is 11.5 Å². The molecule has 1 amide bonds. The molecule has 0 radical (unpaired) electrons. The van der Waals surface area contributed by atoms with Crippen molar-refractivity contribution >= 4 is 17.7 Å². The number of carbonyl (C=O) groups is 1. The van der Waals surface area contributed by atoms with Crippen LogP contribution in [0.3, 0.4) is 0 Å². The third-order valence-corrected chi connectivity index (χ3v) is 3.71. The Balaban J connectivity index is 1.98. The highest BCUT2D eigenvalue weighted by molar-refractivity contribution is 8.00.